The lowest BCUT2D eigenvalue weighted by Gasteiger charge is -2.21. The lowest BCUT2D eigenvalue weighted by molar-refractivity contribution is -0.119. The van der Waals surface area contributed by atoms with Gasteiger partial charge in [-0.1, -0.05) is 12.8 Å². The van der Waals surface area contributed by atoms with Crippen LogP contribution >= 0.6 is 0 Å². The largest absolute Gasteiger partial charge is 0.353 e. The number of hydrogen-bond acceptors (Lipinski definition) is 1. The van der Waals surface area contributed by atoms with Crippen molar-refractivity contribution in [2.24, 2.45) is 0 Å². The first-order chi connectivity index (χ1) is 4.79. The van der Waals surface area contributed by atoms with E-state index in [1.807, 2.05) is 0 Å². The molecular weight excluding hydrogens is 126 g/mol. The standard InChI is InChI=1S/C8H14NO/c1-7(10)9-8-5-3-2-4-6-8/h5,8H,2-4,6H2,1H3,(H,9,10)/t8-/m0/s1. The highest BCUT2D eigenvalue weighted by Gasteiger charge is 2.13. The molecule has 0 aliphatic heterocycles. The monoisotopic (exact) mass is 140 g/mol. The van der Waals surface area contributed by atoms with Crippen molar-refractivity contribution in [3.63, 3.8) is 0 Å². The van der Waals surface area contributed by atoms with E-state index in [4.69, 9.17) is 0 Å². The summed E-state index contributed by atoms with van der Waals surface area (Å²) in [5, 5.41) is 2.89. The lowest BCUT2D eigenvalue weighted by atomic mass is 9.95. The van der Waals surface area contributed by atoms with Crippen molar-refractivity contribution >= 4 is 5.91 Å². The van der Waals surface area contributed by atoms with Crippen molar-refractivity contribution in [2.75, 3.05) is 0 Å². The molecule has 1 radical (unpaired) electrons. The molecule has 0 aromatic carbocycles. The maximum absolute atomic E-state index is 10.6. The predicted octanol–water partition coefficient (Wildman–Crippen LogP) is 1.27. The molecule has 2 heteroatoms. The van der Waals surface area contributed by atoms with Crippen LogP contribution in [0.2, 0.25) is 0 Å². The molecule has 0 spiro atoms. The van der Waals surface area contributed by atoms with E-state index in [0.29, 0.717) is 6.04 Å². The van der Waals surface area contributed by atoms with Crippen LogP contribution in [0.1, 0.15) is 32.6 Å². The molecule has 0 bridgehead atoms. The molecule has 0 unspecified atom stereocenters. The topological polar surface area (TPSA) is 29.1 Å². The third-order valence-electron chi connectivity index (χ3n) is 1.81. The van der Waals surface area contributed by atoms with E-state index >= 15 is 0 Å². The third kappa shape index (κ3) is 2.38. The van der Waals surface area contributed by atoms with Crippen LogP contribution in [0.15, 0.2) is 0 Å². The molecule has 57 valence electrons. The molecule has 2 nitrogen and oxygen atoms in total. The Morgan fingerprint density at radius 3 is 2.90 bits per heavy atom. The van der Waals surface area contributed by atoms with Gasteiger partial charge in [0.1, 0.15) is 0 Å². The van der Waals surface area contributed by atoms with Gasteiger partial charge < -0.3 is 5.32 Å². The zero-order valence-corrected chi connectivity index (χ0v) is 6.39. The Bertz CT molecular complexity index is 116. The average Bonchev–Trinajstić information content (AvgIpc) is 1.88. The van der Waals surface area contributed by atoms with Gasteiger partial charge in [-0.15, -0.1) is 0 Å². The first-order valence-corrected chi connectivity index (χ1v) is 3.89. The lowest BCUT2D eigenvalue weighted by Crippen LogP contribution is -2.34. The highest BCUT2D eigenvalue weighted by molar-refractivity contribution is 5.73. The molecule has 1 amide bonds. The number of carbonyl (C=O) groups is 1. The van der Waals surface area contributed by atoms with Crippen LogP contribution in [-0.4, -0.2) is 11.9 Å². The van der Waals surface area contributed by atoms with E-state index in [1.54, 1.807) is 6.92 Å². The van der Waals surface area contributed by atoms with Gasteiger partial charge in [-0.3, -0.25) is 4.79 Å². The van der Waals surface area contributed by atoms with E-state index in [-0.39, 0.29) is 5.91 Å². The minimum Gasteiger partial charge on any atom is -0.353 e. The van der Waals surface area contributed by atoms with Crippen LogP contribution in [0.5, 0.6) is 0 Å². The van der Waals surface area contributed by atoms with Crippen LogP contribution < -0.4 is 5.32 Å². The highest BCUT2D eigenvalue weighted by atomic mass is 16.1. The molecule has 10 heavy (non-hydrogen) atoms. The Morgan fingerprint density at radius 2 is 2.40 bits per heavy atom. The van der Waals surface area contributed by atoms with Gasteiger partial charge in [0.15, 0.2) is 0 Å². The van der Waals surface area contributed by atoms with Crippen molar-refractivity contribution in [3.05, 3.63) is 6.42 Å². The fourth-order valence-electron chi connectivity index (χ4n) is 1.34. The Kier molecular flexibility index (Phi) is 2.72. The molecule has 1 fully saturated rings. The normalized spacial score (nSPS) is 20.5. The molecule has 1 saturated carbocycles. The van der Waals surface area contributed by atoms with Crippen LogP contribution in [0.4, 0.5) is 0 Å². The van der Waals surface area contributed by atoms with Crippen molar-refractivity contribution in [1.29, 1.82) is 0 Å². The van der Waals surface area contributed by atoms with Crippen LogP contribution in [-0.2, 0) is 4.79 Å². The van der Waals surface area contributed by atoms with Gasteiger partial charge in [0.25, 0.3) is 0 Å². The number of carbonyl (C=O) groups excluding carboxylic acids is 1. The Labute approximate surface area is 62.0 Å². The first-order valence-electron chi connectivity index (χ1n) is 3.89. The van der Waals surface area contributed by atoms with E-state index in [1.165, 1.54) is 12.8 Å². The maximum Gasteiger partial charge on any atom is 0.217 e. The van der Waals surface area contributed by atoms with E-state index in [0.717, 1.165) is 12.8 Å². The van der Waals surface area contributed by atoms with Crippen molar-refractivity contribution in [3.8, 4) is 0 Å². The Balaban J connectivity index is 2.19. The molecule has 0 saturated heterocycles. The summed E-state index contributed by atoms with van der Waals surface area (Å²) >= 11 is 0. The smallest absolute Gasteiger partial charge is 0.217 e. The molecule has 0 aromatic heterocycles. The minimum absolute atomic E-state index is 0.0863. The second kappa shape index (κ2) is 3.59. The van der Waals surface area contributed by atoms with Crippen LogP contribution in [0.25, 0.3) is 0 Å². The predicted molar refractivity (Wildman–Crippen MR) is 40.4 cm³/mol. The molecular formula is C8H14NO. The van der Waals surface area contributed by atoms with Gasteiger partial charge in [-0.05, 0) is 19.3 Å². The van der Waals surface area contributed by atoms with E-state index < -0.39 is 0 Å². The second-order valence-corrected chi connectivity index (χ2v) is 2.83. The van der Waals surface area contributed by atoms with Crippen LogP contribution in [0, 0.1) is 6.42 Å². The SMILES string of the molecule is CC(=O)N[C@H]1[CH]CCCC1. The van der Waals surface area contributed by atoms with Gasteiger partial charge in [0.05, 0.1) is 0 Å². The summed E-state index contributed by atoms with van der Waals surface area (Å²) in [6, 6.07) is 0.353. The zero-order chi connectivity index (χ0) is 7.40. The average molecular weight is 140 g/mol. The third-order valence-corrected chi connectivity index (χ3v) is 1.81. The molecule has 1 aliphatic rings. The zero-order valence-electron chi connectivity index (χ0n) is 6.39. The van der Waals surface area contributed by atoms with Gasteiger partial charge in [0, 0.05) is 13.0 Å². The van der Waals surface area contributed by atoms with Gasteiger partial charge >= 0.3 is 0 Å². The molecule has 1 N–H and O–H groups in total. The van der Waals surface area contributed by atoms with Crippen molar-refractivity contribution < 1.29 is 4.79 Å². The van der Waals surface area contributed by atoms with E-state index in [2.05, 4.69) is 11.7 Å². The van der Waals surface area contributed by atoms with Gasteiger partial charge in [-0.25, -0.2) is 0 Å². The summed E-state index contributed by atoms with van der Waals surface area (Å²) < 4.78 is 0. The fraction of sp³-hybridized carbons (Fsp3) is 0.750. The summed E-state index contributed by atoms with van der Waals surface area (Å²) in [5.74, 6) is 0.0863. The fourth-order valence-corrected chi connectivity index (χ4v) is 1.34. The summed E-state index contributed by atoms with van der Waals surface area (Å²) in [5.41, 5.74) is 0. The Morgan fingerprint density at radius 1 is 1.60 bits per heavy atom. The molecule has 0 aromatic rings. The van der Waals surface area contributed by atoms with Gasteiger partial charge in [0.2, 0.25) is 5.91 Å². The summed E-state index contributed by atoms with van der Waals surface area (Å²) in [4.78, 5) is 10.6. The van der Waals surface area contributed by atoms with Crippen molar-refractivity contribution in [2.45, 2.75) is 38.6 Å². The van der Waals surface area contributed by atoms with Crippen LogP contribution in [0.3, 0.4) is 0 Å². The molecule has 1 rings (SSSR count). The summed E-state index contributed by atoms with van der Waals surface area (Å²) in [7, 11) is 0. The Hall–Kier alpha value is -0.530. The number of nitrogens with one attached hydrogen (secondary N) is 1. The summed E-state index contributed by atoms with van der Waals surface area (Å²) in [6.07, 6.45) is 7.02. The molecule has 1 atom stereocenters. The first kappa shape index (κ1) is 7.58. The minimum atomic E-state index is 0.0863. The molecule has 0 heterocycles. The van der Waals surface area contributed by atoms with E-state index in [9.17, 15) is 4.79 Å². The van der Waals surface area contributed by atoms with Gasteiger partial charge in [-0.2, -0.15) is 0 Å². The number of rotatable bonds is 1. The quantitative estimate of drug-likeness (QED) is 0.584. The number of amides is 1. The summed E-state index contributed by atoms with van der Waals surface area (Å²) in [6.45, 7) is 1.57. The second-order valence-electron chi connectivity index (χ2n) is 2.83. The highest BCUT2D eigenvalue weighted by Crippen LogP contribution is 2.15. The maximum atomic E-state index is 10.6. The van der Waals surface area contributed by atoms with Crippen molar-refractivity contribution in [1.82, 2.24) is 5.32 Å². The number of hydrogen-bond donors (Lipinski definition) is 1. The molecule has 1 aliphatic carbocycles.